The van der Waals surface area contributed by atoms with Crippen LogP contribution in [0.5, 0.6) is 0 Å². The Morgan fingerprint density at radius 3 is 2.83 bits per heavy atom. The number of aryl methyl sites for hydroxylation is 1. The fraction of sp³-hybridized carbons (Fsp3) is 0.714. The van der Waals surface area contributed by atoms with Crippen LogP contribution in [0.1, 0.15) is 17.8 Å². The van der Waals surface area contributed by atoms with E-state index in [1.54, 1.807) is 23.1 Å². The van der Waals surface area contributed by atoms with Crippen molar-refractivity contribution in [3.63, 3.8) is 0 Å². The summed E-state index contributed by atoms with van der Waals surface area (Å²) in [6.45, 7) is 2.24. The summed E-state index contributed by atoms with van der Waals surface area (Å²) < 4.78 is 1.03. The predicted octanol–water partition coefficient (Wildman–Crippen LogP) is 1.71. The first-order valence-corrected chi connectivity index (χ1v) is 5.67. The second kappa shape index (κ2) is 5.50. The standard InChI is InChI=1S/C7H12N2OS2/c1-6-8-9-7(12-6)11-5-3-2-4-10/h10H,2-5H2,1H3. The minimum atomic E-state index is 0.287. The molecular weight excluding hydrogens is 192 g/mol. The quantitative estimate of drug-likeness (QED) is 0.586. The first kappa shape index (κ1) is 9.95. The van der Waals surface area contributed by atoms with E-state index >= 15 is 0 Å². The number of hydrogen-bond donors (Lipinski definition) is 1. The van der Waals surface area contributed by atoms with Crippen LogP contribution >= 0.6 is 23.1 Å². The Labute approximate surface area is 80.2 Å². The molecule has 0 unspecified atom stereocenters. The van der Waals surface area contributed by atoms with Gasteiger partial charge in [-0.05, 0) is 19.8 Å². The summed E-state index contributed by atoms with van der Waals surface area (Å²) in [7, 11) is 0. The molecule has 0 saturated carbocycles. The Kier molecular flexibility index (Phi) is 4.57. The zero-order valence-corrected chi connectivity index (χ0v) is 8.62. The normalized spacial score (nSPS) is 10.5. The molecule has 1 N–H and O–H groups in total. The smallest absolute Gasteiger partial charge is 0.174 e. The third kappa shape index (κ3) is 3.51. The van der Waals surface area contributed by atoms with Gasteiger partial charge in [0, 0.05) is 12.4 Å². The van der Waals surface area contributed by atoms with Crippen molar-refractivity contribution in [2.45, 2.75) is 24.1 Å². The van der Waals surface area contributed by atoms with Crippen LogP contribution in [0.25, 0.3) is 0 Å². The summed E-state index contributed by atoms with van der Waals surface area (Å²) in [5, 5.41) is 17.4. The molecule has 0 saturated heterocycles. The average molecular weight is 204 g/mol. The maximum Gasteiger partial charge on any atom is 0.174 e. The lowest BCUT2D eigenvalue weighted by Gasteiger charge is -1.93. The fourth-order valence-electron chi connectivity index (χ4n) is 0.710. The summed E-state index contributed by atoms with van der Waals surface area (Å²) in [6, 6.07) is 0. The van der Waals surface area contributed by atoms with E-state index in [0.29, 0.717) is 0 Å². The van der Waals surface area contributed by atoms with E-state index in [0.717, 1.165) is 27.9 Å². The molecule has 0 aliphatic heterocycles. The SMILES string of the molecule is Cc1nnc(SCCCCO)s1. The van der Waals surface area contributed by atoms with Gasteiger partial charge in [-0.15, -0.1) is 10.2 Å². The molecule has 1 aromatic rings. The molecule has 1 heterocycles. The third-order valence-corrected chi connectivity index (χ3v) is 3.34. The summed E-state index contributed by atoms with van der Waals surface area (Å²) in [5.41, 5.74) is 0. The number of hydrogen-bond acceptors (Lipinski definition) is 5. The lowest BCUT2D eigenvalue weighted by Crippen LogP contribution is -1.84. The van der Waals surface area contributed by atoms with Gasteiger partial charge in [0.25, 0.3) is 0 Å². The largest absolute Gasteiger partial charge is 0.396 e. The monoisotopic (exact) mass is 204 g/mol. The van der Waals surface area contributed by atoms with Crippen LogP contribution in [0.15, 0.2) is 4.34 Å². The van der Waals surface area contributed by atoms with Gasteiger partial charge in [0.1, 0.15) is 5.01 Å². The highest BCUT2D eigenvalue weighted by Gasteiger charge is 1.99. The minimum Gasteiger partial charge on any atom is -0.396 e. The summed E-state index contributed by atoms with van der Waals surface area (Å²) in [5.74, 6) is 1.02. The van der Waals surface area contributed by atoms with E-state index in [1.165, 1.54) is 0 Å². The van der Waals surface area contributed by atoms with E-state index in [2.05, 4.69) is 10.2 Å². The lowest BCUT2D eigenvalue weighted by atomic mass is 10.4. The van der Waals surface area contributed by atoms with Crippen LogP contribution in [-0.4, -0.2) is 27.7 Å². The number of aliphatic hydroxyl groups excluding tert-OH is 1. The van der Waals surface area contributed by atoms with E-state index in [1.807, 2.05) is 6.92 Å². The van der Waals surface area contributed by atoms with Crippen molar-refractivity contribution in [2.75, 3.05) is 12.4 Å². The van der Waals surface area contributed by atoms with Gasteiger partial charge in [-0.3, -0.25) is 0 Å². The molecule has 68 valence electrons. The van der Waals surface area contributed by atoms with E-state index in [-0.39, 0.29) is 6.61 Å². The van der Waals surface area contributed by atoms with Crippen LogP contribution in [0.2, 0.25) is 0 Å². The molecule has 1 aromatic heterocycles. The van der Waals surface area contributed by atoms with Crippen LogP contribution in [-0.2, 0) is 0 Å². The van der Waals surface area contributed by atoms with Gasteiger partial charge in [-0.25, -0.2) is 0 Å². The minimum absolute atomic E-state index is 0.287. The zero-order chi connectivity index (χ0) is 8.81. The Bertz CT molecular complexity index is 227. The van der Waals surface area contributed by atoms with Crippen molar-refractivity contribution < 1.29 is 5.11 Å². The first-order chi connectivity index (χ1) is 5.83. The summed E-state index contributed by atoms with van der Waals surface area (Å²) in [4.78, 5) is 0. The van der Waals surface area contributed by atoms with Gasteiger partial charge < -0.3 is 5.11 Å². The van der Waals surface area contributed by atoms with Gasteiger partial charge in [0.05, 0.1) is 0 Å². The Morgan fingerprint density at radius 2 is 2.25 bits per heavy atom. The highest BCUT2D eigenvalue weighted by Crippen LogP contribution is 2.22. The zero-order valence-electron chi connectivity index (χ0n) is 6.99. The Morgan fingerprint density at radius 1 is 1.42 bits per heavy atom. The molecule has 0 bridgehead atoms. The van der Waals surface area contributed by atoms with Crippen LogP contribution < -0.4 is 0 Å². The molecule has 0 spiro atoms. The molecule has 12 heavy (non-hydrogen) atoms. The van der Waals surface area contributed by atoms with Gasteiger partial charge in [-0.2, -0.15) is 0 Å². The highest BCUT2D eigenvalue weighted by molar-refractivity contribution is 8.01. The van der Waals surface area contributed by atoms with Crippen molar-refractivity contribution in [3.05, 3.63) is 5.01 Å². The maximum absolute atomic E-state index is 8.53. The van der Waals surface area contributed by atoms with E-state index < -0.39 is 0 Å². The molecule has 3 nitrogen and oxygen atoms in total. The van der Waals surface area contributed by atoms with Gasteiger partial charge >= 0.3 is 0 Å². The summed E-state index contributed by atoms with van der Waals surface area (Å²) in [6.07, 6.45) is 1.92. The Hall–Kier alpha value is -0.130. The van der Waals surface area contributed by atoms with Crippen LogP contribution in [0, 0.1) is 6.92 Å². The molecule has 5 heteroatoms. The van der Waals surface area contributed by atoms with Crippen molar-refractivity contribution in [1.82, 2.24) is 10.2 Å². The third-order valence-electron chi connectivity index (χ3n) is 1.29. The second-order valence-electron chi connectivity index (χ2n) is 2.37. The molecule has 0 aliphatic rings. The molecular formula is C7H12N2OS2. The molecule has 0 aliphatic carbocycles. The molecule has 0 radical (unpaired) electrons. The van der Waals surface area contributed by atoms with Crippen molar-refractivity contribution >= 4 is 23.1 Å². The first-order valence-electron chi connectivity index (χ1n) is 3.86. The van der Waals surface area contributed by atoms with Gasteiger partial charge in [0.2, 0.25) is 0 Å². The number of rotatable bonds is 5. The number of aliphatic hydroxyl groups is 1. The molecule has 0 aromatic carbocycles. The topological polar surface area (TPSA) is 46.0 Å². The Balaban J connectivity index is 2.15. The average Bonchev–Trinajstić information content (AvgIpc) is 2.45. The number of unbranched alkanes of at least 4 members (excludes halogenated alkanes) is 1. The number of thioether (sulfide) groups is 1. The molecule has 1 rings (SSSR count). The molecule has 0 fully saturated rings. The predicted molar refractivity (Wildman–Crippen MR) is 51.7 cm³/mol. The fourth-order valence-corrected chi connectivity index (χ4v) is 2.60. The van der Waals surface area contributed by atoms with Crippen molar-refractivity contribution in [3.8, 4) is 0 Å². The van der Waals surface area contributed by atoms with E-state index in [4.69, 9.17) is 5.11 Å². The molecule has 0 atom stereocenters. The summed E-state index contributed by atoms with van der Waals surface area (Å²) >= 11 is 3.34. The maximum atomic E-state index is 8.53. The van der Waals surface area contributed by atoms with Gasteiger partial charge in [0.15, 0.2) is 4.34 Å². The van der Waals surface area contributed by atoms with Gasteiger partial charge in [-0.1, -0.05) is 23.1 Å². The highest BCUT2D eigenvalue weighted by atomic mass is 32.2. The van der Waals surface area contributed by atoms with E-state index in [9.17, 15) is 0 Å². The molecule has 0 amide bonds. The van der Waals surface area contributed by atoms with Crippen molar-refractivity contribution in [1.29, 1.82) is 0 Å². The van der Waals surface area contributed by atoms with Crippen LogP contribution in [0.3, 0.4) is 0 Å². The van der Waals surface area contributed by atoms with Crippen molar-refractivity contribution in [2.24, 2.45) is 0 Å². The number of aromatic nitrogens is 2. The lowest BCUT2D eigenvalue weighted by molar-refractivity contribution is 0.287. The second-order valence-corrected chi connectivity index (χ2v) is 4.89. The van der Waals surface area contributed by atoms with Crippen LogP contribution in [0.4, 0.5) is 0 Å². The number of nitrogens with zero attached hydrogens (tertiary/aromatic N) is 2.